The van der Waals surface area contributed by atoms with E-state index in [1.165, 1.54) is 5.56 Å². The normalized spacial score (nSPS) is 13.8. The van der Waals surface area contributed by atoms with E-state index in [0.29, 0.717) is 17.1 Å². The Kier molecular flexibility index (Phi) is 2.30. The lowest BCUT2D eigenvalue weighted by molar-refractivity contribution is 0.471. The topological polar surface area (TPSA) is 74.7 Å². The molecule has 0 amide bonds. The van der Waals surface area contributed by atoms with Crippen LogP contribution in [0.2, 0.25) is 0 Å². The number of benzene rings is 1. The fourth-order valence-electron chi connectivity index (χ4n) is 3.02. The number of nitrogens with one attached hydrogen (secondary N) is 1. The van der Waals surface area contributed by atoms with E-state index < -0.39 is 0 Å². The second-order valence-electron chi connectivity index (χ2n) is 5.23. The maximum atomic E-state index is 10.5. The van der Waals surface area contributed by atoms with E-state index in [-0.39, 0.29) is 0 Å². The molecule has 3 aromatic rings. The van der Waals surface area contributed by atoms with E-state index in [4.69, 9.17) is 0 Å². The minimum Gasteiger partial charge on any atom is -0.507 e. The van der Waals surface area contributed by atoms with Crippen molar-refractivity contribution in [2.45, 2.75) is 26.2 Å². The van der Waals surface area contributed by atoms with E-state index in [9.17, 15) is 5.11 Å². The molecule has 4 rings (SSSR count). The van der Waals surface area contributed by atoms with Gasteiger partial charge in [0.05, 0.1) is 11.8 Å². The van der Waals surface area contributed by atoms with Crippen molar-refractivity contribution in [1.82, 2.24) is 20.2 Å². The van der Waals surface area contributed by atoms with Gasteiger partial charge in [-0.25, -0.2) is 4.98 Å². The van der Waals surface area contributed by atoms with Crippen molar-refractivity contribution in [3.63, 3.8) is 0 Å². The third-order valence-corrected chi connectivity index (χ3v) is 4.10. The molecule has 0 unspecified atom stereocenters. The molecule has 20 heavy (non-hydrogen) atoms. The van der Waals surface area contributed by atoms with E-state index in [1.807, 2.05) is 13.0 Å². The predicted octanol–water partition coefficient (Wildman–Crippen LogP) is 2.52. The van der Waals surface area contributed by atoms with Gasteiger partial charge in [-0.2, -0.15) is 0 Å². The lowest BCUT2D eigenvalue weighted by Gasteiger charge is -2.10. The van der Waals surface area contributed by atoms with Crippen LogP contribution in [0.15, 0.2) is 18.5 Å². The van der Waals surface area contributed by atoms with Crippen LogP contribution in [0.3, 0.4) is 0 Å². The Morgan fingerprint density at radius 3 is 3.00 bits per heavy atom. The molecule has 0 radical (unpaired) electrons. The molecule has 1 aromatic carbocycles. The van der Waals surface area contributed by atoms with Gasteiger partial charge in [0.15, 0.2) is 5.65 Å². The SMILES string of the molecule is Cc1c(-c2ccc3c(c2O)CCC3)nnc2nc[nH]c12. The number of aromatic amines is 1. The summed E-state index contributed by atoms with van der Waals surface area (Å²) in [5.74, 6) is 0.358. The number of hydrogen-bond donors (Lipinski definition) is 2. The van der Waals surface area contributed by atoms with E-state index in [1.54, 1.807) is 6.33 Å². The number of rotatable bonds is 1. The molecule has 0 atom stereocenters. The lowest BCUT2D eigenvalue weighted by Crippen LogP contribution is -1.96. The molecule has 2 aromatic heterocycles. The molecule has 2 heterocycles. The van der Waals surface area contributed by atoms with Crippen molar-refractivity contribution >= 4 is 11.2 Å². The van der Waals surface area contributed by atoms with E-state index >= 15 is 0 Å². The molecule has 0 aliphatic heterocycles. The molecule has 0 saturated carbocycles. The number of aryl methyl sites for hydroxylation is 2. The zero-order valence-corrected chi connectivity index (χ0v) is 11.1. The minimum absolute atomic E-state index is 0.358. The van der Waals surface area contributed by atoms with Gasteiger partial charge in [-0.1, -0.05) is 6.07 Å². The second-order valence-corrected chi connectivity index (χ2v) is 5.23. The highest BCUT2D eigenvalue weighted by Gasteiger charge is 2.20. The predicted molar refractivity (Wildman–Crippen MR) is 75.5 cm³/mol. The number of phenols is 1. The highest BCUT2D eigenvalue weighted by molar-refractivity contribution is 5.83. The Bertz CT molecular complexity index is 822. The van der Waals surface area contributed by atoms with Gasteiger partial charge in [-0.3, -0.25) is 0 Å². The summed E-state index contributed by atoms with van der Waals surface area (Å²) in [6.07, 6.45) is 4.70. The van der Waals surface area contributed by atoms with E-state index in [2.05, 4.69) is 26.2 Å². The highest BCUT2D eigenvalue weighted by Crippen LogP contribution is 2.39. The van der Waals surface area contributed by atoms with Crippen molar-refractivity contribution in [3.8, 4) is 17.0 Å². The number of phenolic OH excluding ortho intramolecular Hbond substituents is 1. The Balaban J connectivity index is 1.97. The summed E-state index contributed by atoms with van der Waals surface area (Å²) in [4.78, 5) is 7.18. The Hall–Kier alpha value is -2.43. The molecule has 100 valence electrons. The van der Waals surface area contributed by atoms with Gasteiger partial charge >= 0.3 is 0 Å². The largest absolute Gasteiger partial charge is 0.507 e. The Morgan fingerprint density at radius 1 is 1.20 bits per heavy atom. The summed E-state index contributed by atoms with van der Waals surface area (Å²) in [6.45, 7) is 1.97. The van der Waals surface area contributed by atoms with Crippen LogP contribution in [-0.4, -0.2) is 25.3 Å². The van der Waals surface area contributed by atoms with Crippen molar-refractivity contribution in [1.29, 1.82) is 0 Å². The van der Waals surface area contributed by atoms with Gasteiger partial charge in [-0.15, -0.1) is 10.2 Å². The summed E-state index contributed by atoms with van der Waals surface area (Å²) in [5, 5.41) is 18.9. The second kappa shape index (κ2) is 4.03. The van der Waals surface area contributed by atoms with Gasteiger partial charge in [0.1, 0.15) is 11.4 Å². The number of fused-ring (bicyclic) bond motifs is 2. The van der Waals surface area contributed by atoms with Crippen LogP contribution < -0.4 is 0 Å². The Morgan fingerprint density at radius 2 is 2.10 bits per heavy atom. The molecular formula is C15H14N4O. The molecule has 1 aliphatic rings. The number of imidazole rings is 1. The molecule has 1 aliphatic carbocycles. The minimum atomic E-state index is 0.358. The first kappa shape index (κ1) is 11.4. The van der Waals surface area contributed by atoms with Crippen LogP contribution >= 0.6 is 0 Å². The van der Waals surface area contributed by atoms with Gasteiger partial charge in [0.2, 0.25) is 0 Å². The molecule has 0 fully saturated rings. The third kappa shape index (κ3) is 1.46. The standard InChI is InChI=1S/C15H14N4O/c1-8-12(18-19-15-13(8)16-7-17-15)11-6-5-9-3-2-4-10(9)14(11)20/h5-7,20H,2-4H2,1H3,(H,16,17,19). The number of H-pyrrole nitrogens is 1. The summed E-state index contributed by atoms with van der Waals surface area (Å²) in [7, 11) is 0. The van der Waals surface area contributed by atoms with Crippen LogP contribution in [0.25, 0.3) is 22.4 Å². The van der Waals surface area contributed by atoms with E-state index in [0.717, 1.165) is 41.5 Å². The molecule has 0 bridgehead atoms. The van der Waals surface area contributed by atoms with Crippen LogP contribution in [0, 0.1) is 6.92 Å². The number of hydrogen-bond acceptors (Lipinski definition) is 4. The first-order chi connectivity index (χ1) is 9.75. The van der Waals surface area contributed by atoms with Gasteiger partial charge < -0.3 is 10.1 Å². The van der Waals surface area contributed by atoms with Gasteiger partial charge in [0.25, 0.3) is 0 Å². The van der Waals surface area contributed by atoms with Crippen LogP contribution in [0.1, 0.15) is 23.1 Å². The molecule has 0 saturated heterocycles. The zero-order chi connectivity index (χ0) is 13.7. The summed E-state index contributed by atoms with van der Waals surface area (Å²) in [5.41, 5.74) is 6.22. The van der Waals surface area contributed by atoms with Crippen LogP contribution in [0.4, 0.5) is 0 Å². The summed E-state index contributed by atoms with van der Waals surface area (Å²) < 4.78 is 0. The van der Waals surface area contributed by atoms with Crippen molar-refractivity contribution in [2.75, 3.05) is 0 Å². The first-order valence-corrected chi connectivity index (χ1v) is 6.76. The fraction of sp³-hybridized carbons (Fsp3) is 0.267. The first-order valence-electron chi connectivity index (χ1n) is 6.76. The summed E-state index contributed by atoms with van der Waals surface area (Å²) in [6, 6.07) is 4.04. The third-order valence-electron chi connectivity index (χ3n) is 4.10. The average Bonchev–Trinajstić information content (AvgIpc) is 3.09. The zero-order valence-electron chi connectivity index (χ0n) is 11.1. The average molecular weight is 266 g/mol. The molecular weight excluding hydrogens is 252 g/mol. The maximum Gasteiger partial charge on any atom is 0.199 e. The smallest absolute Gasteiger partial charge is 0.199 e. The van der Waals surface area contributed by atoms with Crippen molar-refractivity contribution in [3.05, 3.63) is 35.2 Å². The number of nitrogens with zero attached hydrogens (tertiary/aromatic N) is 3. The van der Waals surface area contributed by atoms with Gasteiger partial charge in [0, 0.05) is 11.1 Å². The Labute approximate surface area is 115 Å². The quantitative estimate of drug-likeness (QED) is 0.709. The van der Waals surface area contributed by atoms with Crippen LogP contribution in [-0.2, 0) is 12.8 Å². The number of aromatic nitrogens is 4. The highest BCUT2D eigenvalue weighted by atomic mass is 16.3. The summed E-state index contributed by atoms with van der Waals surface area (Å²) >= 11 is 0. The molecule has 2 N–H and O–H groups in total. The monoisotopic (exact) mass is 266 g/mol. The number of aromatic hydroxyl groups is 1. The molecule has 5 heteroatoms. The molecule has 5 nitrogen and oxygen atoms in total. The molecule has 0 spiro atoms. The lowest BCUT2D eigenvalue weighted by atomic mass is 10.00. The van der Waals surface area contributed by atoms with Crippen molar-refractivity contribution in [2.24, 2.45) is 0 Å². The fourth-order valence-corrected chi connectivity index (χ4v) is 3.02. The van der Waals surface area contributed by atoms with Gasteiger partial charge in [-0.05, 0) is 43.4 Å². The maximum absolute atomic E-state index is 10.5. The van der Waals surface area contributed by atoms with Crippen LogP contribution in [0.5, 0.6) is 5.75 Å². The van der Waals surface area contributed by atoms with Crippen molar-refractivity contribution < 1.29 is 5.11 Å².